The minimum Gasteiger partial charge on any atom is -0.656 e. The van der Waals surface area contributed by atoms with Crippen LogP contribution in [0.4, 0.5) is 0 Å². The van der Waals surface area contributed by atoms with Crippen LogP contribution < -0.4 is 14.7 Å². The fourth-order valence-corrected chi connectivity index (χ4v) is 25.2. The van der Waals surface area contributed by atoms with E-state index < -0.39 is 0 Å². The predicted octanol–water partition coefficient (Wildman–Crippen LogP) is 36.8. The van der Waals surface area contributed by atoms with Crippen LogP contribution in [0.3, 0.4) is 0 Å². The van der Waals surface area contributed by atoms with E-state index in [0.717, 1.165) is 153 Å². The van der Waals surface area contributed by atoms with Gasteiger partial charge in [0, 0.05) is 45.3 Å². The summed E-state index contributed by atoms with van der Waals surface area (Å²) in [5, 5.41) is 0.994. The summed E-state index contributed by atoms with van der Waals surface area (Å²) < 4.78 is 5.93. The van der Waals surface area contributed by atoms with Gasteiger partial charge in [0.05, 0.1) is 49.4 Å². The standard InChI is InChI=1S/C112H151N4O2S6.Zn/c1-10-18-26-34-38-40-44-52-56-83(54-50-42-36-28-20-12-3)107-98-70-66-94(113-98)92(64-62-89-78-85(58-46-30-22-14-5)109(119-89)102-74-75-104(122-102)111-87(60-48-32-24-16-7)80-91(82-117)121-111)95-67-71-99(114-95)108(84(55-51-43-37-29-21-13-4)57-53-45-41-39-35-27-19-11-2)101-73-69-97(116-101)93(96-68-72-100(107)115-96)65-63-90-79-86(59-47-31-23-15-6)110(120-90)103-76-77-105(123-103)112-88(61-49-33-25-17-8)81-106(118-9)124-112;/h66-84H,10-61H2,1-9H3,(H-,113,114,115,116,117);/q-1;+2/p-1. The van der Waals surface area contributed by atoms with Gasteiger partial charge in [-0.05, 0) is 195 Å². The van der Waals surface area contributed by atoms with Gasteiger partial charge in [-0.3, -0.25) is 4.79 Å². The summed E-state index contributed by atoms with van der Waals surface area (Å²) in [5.41, 5.74) is 17.2. The number of aldehydes is 1. The molecule has 0 radical (unpaired) electrons. The number of hydrogen-bond donors (Lipinski definition) is 0. The monoisotopic (exact) mass is 1840 g/mol. The number of hydrogen-bond acceptors (Lipinski definition) is 10. The molecular formula is C112H150N4O2S6Zn. The van der Waals surface area contributed by atoms with Crippen molar-refractivity contribution in [3.05, 3.63) is 155 Å². The first-order valence-electron chi connectivity index (χ1n) is 49.9. The molecule has 2 aliphatic rings. The molecule has 13 heteroatoms. The zero-order valence-corrected chi connectivity index (χ0v) is 86.4. The molecule has 668 valence electrons. The molecule has 125 heavy (non-hydrogen) atoms. The maximum absolute atomic E-state index is 12.4. The molecule has 0 aromatic carbocycles. The maximum Gasteiger partial charge on any atom is 2.00 e. The van der Waals surface area contributed by atoms with Gasteiger partial charge in [0.15, 0.2) is 11.3 Å². The second kappa shape index (κ2) is 57.2. The van der Waals surface area contributed by atoms with Crippen LogP contribution in [0.5, 0.6) is 5.06 Å². The zero-order chi connectivity index (χ0) is 86.7. The Morgan fingerprint density at radius 1 is 0.320 bits per heavy atom. The van der Waals surface area contributed by atoms with Gasteiger partial charge in [-0.2, -0.15) is 0 Å². The van der Waals surface area contributed by atoms with E-state index in [4.69, 9.17) is 24.7 Å². The number of ether oxygens (including phenoxy) is 1. The normalized spacial score (nSPS) is 12.3. The van der Waals surface area contributed by atoms with Gasteiger partial charge in [0.25, 0.3) is 0 Å². The van der Waals surface area contributed by atoms with E-state index in [0.29, 0.717) is 0 Å². The molecule has 0 fully saturated rings. The number of methoxy groups -OCH3 is 1. The summed E-state index contributed by atoms with van der Waals surface area (Å²) in [6, 6.07) is 27.9. The average molecular weight is 1840 g/mol. The SMILES string of the molecule is CCCCCCCCCCC(CCCCCCCC)c1c2nc(c(C#Cc3cc(CCCCCC)c(-c4ccc(-c5sc(OC)cc5CCCCCC)s4)s3)c3ccc([n-]3)c(C(CCCCCCCC)CCCCCCCCCC)c3nc(c(C#Cc4cc(CCCCCC)c(-c5ccc(-c6sc(C=O)cc6CCCCCC)s5)s4)c4ccc1[n-]4)C=C3)C=C2.[Zn+2]. The van der Waals surface area contributed by atoms with Crippen molar-refractivity contribution in [1.29, 1.82) is 0 Å². The number of carbonyl (C=O) groups excluding carboxylic acids is 1. The molecule has 11 heterocycles. The number of rotatable bonds is 60. The summed E-state index contributed by atoms with van der Waals surface area (Å²) >= 11 is 11.0. The van der Waals surface area contributed by atoms with Crippen molar-refractivity contribution in [2.75, 3.05) is 7.11 Å². The molecule has 9 aromatic heterocycles. The van der Waals surface area contributed by atoms with E-state index in [2.05, 4.69) is 176 Å². The molecule has 0 saturated heterocycles. The second-order valence-corrected chi connectivity index (χ2v) is 42.1. The van der Waals surface area contributed by atoms with Crippen LogP contribution in [0.1, 0.15) is 462 Å². The summed E-state index contributed by atoms with van der Waals surface area (Å²) in [5.74, 6) is 16.2. The Labute approximate surface area is 793 Å². The third-order valence-corrected chi connectivity index (χ3v) is 32.9. The number of fused-ring (bicyclic) bond motifs is 8. The number of carbonyl (C=O) groups is 1. The Hall–Kier alpha value is -5.99. The fourth-order valence-electron chi connectivity index (χ4n) is 18.4. The van der Waals surface area contributed by atoms with Gasteiger partial charge >= 0.3 is 19.5 Å². The van der Waals surface area contributed by atoms with Crippen molar-refractivity contribution in [1.82, 2.24) is 19.9 Å². The molecule has 2 atom stereocenters. The summed E-state index contributed by atoms with van der Waals surface area (Å²) in [6.07, 6.45) is 73.6. The van der Waals surface area contributed by atoms with Gasteiger partial charge < -0.3 is 14.7 Å². The molecule has 2 unspecified atom stereocenters. The molecule has 6 nitrogen and oxygen atoms in total. The van der Waals surface area contributed by atoms with Crippen molar-refractivity contribution in [2.45, 2.75) is 401 Å². The van der Waals surface area contributed by atoms with Crippen molar-refractivity contribution >= 4 is 121 Å². The molecule has 0 amide bonds. The molecule has 9 aromatic rings. The van der Waals surface area contributed by atoms with Crippen molar-refractivity contribution in [3.8, 4) is 67.8 Å². The number of unbranched alkanes of at least 4 members (excludes halogenated alkanes) is 36. The van der Waals surface area contributed by atoms with Crippen LogP contribution in [0, 0.1) is 23.7 Å². The Kier molecular flexibility index (Phi) is 46.3. The first-order chi connectivity index (χ1) is 61.1. The van der Waals surface area contributed by atoms with E-state index in [9.17, 15) is 4.79 Å². The van der Waals surface area contributed by atoms with Crippen LogP contribution >= 0.6 is 68.0 Å². The van der Waals surface area contributed by atoms with Crippen molar-refractivity contribution in [2.24, 2.45) is 0 Å². The first-order valence-corrected chi connectivity index (χ1v) is 54.8. The number of thiophene rings is 6. The molecular weight excluding hydrogens is 1690 g/mol. The van der Waals surface area contributed by atoms with Gasteiger partial charge in [0.1, 0.15) is 0 Å². The Bertz CT molecular complexity index is 4990. The summed E-state index contributed by atoms with van der Waals surface area (Å²) in [6.45, 7) is 18.5. The van der Waals surface area contributed by atoms with Gasteiger partial charge in [-0.15, -0.1) is 78.8 Å². The molecule has 0 N–H and O–H groups in total. The maximum atomic E-state index is 12.4. The number of aromatic nitrogens is 4. The van der Waals surface area contributed by atoms with Crippen molar-refractivity contribution in [3.63, 3.8) is 0 Å². The van der Waals surface area contributed by atoms with Gasteiger partial charge in [-0.1, -0.05) is 372 Å². The van der Waals surface area contributed by atoms with Crippen LogP contribution in [0.2, 0.25) is 0 Å². The molecule has 0 saturated carbocycles. The van der Waals surface area contributed by atoms with E-state index in [1.54, 1.807) is 22.7 Å². The van der Waals surface area contributed by atoms with Crippen LogP contribution in [0.25, 0.3) is 85.4 Å². The smallest absolute Gasteiger partial charge is 0.656 e. The van der Waals surface area contributed by atoms with Crippen LogP contribution in [-0.4, -0.2) is 23.4 Å². The summed E-state index contributed by atoms with van der Waals surface area (Å²) in [7, 11) is 1.82. The second-order valence-electron chi connectivity index (χ2n) is 35.7. The summed E-state index contributed by atoms with van der Waals surface area (Å²) in [4.78, 5) is 49.6. The third-order valence-electron chi connectivity index (χ3n) is 25.6. The van der Waals surface area contributed by atoms with Crippen molar-refractivity contribution < 1.29 is 29.0 Å². The van der Waals surface area contributed by atoms with Gasteiger partial charge in [-0.25, -0.2) is 9.97 Å². The molecule has 2 aliphatic heterocycles. The fraction of sp³-hybridized carbons (Fsp3) is 0.562. The Morgan fingerprint density at radius 3 is 0.944 bits per heavy atom. The minimum absolute atomic E-state index is 0. The van der Waals surface area contributed by atoms with E-state index >= 15 is 0 Å². The van der Waals surface area contributed by atoms with E-state index in [1.165, 1.54) is 336 Å². The van der Waals surface area contributed by atoms with E-state index in [1.807, 2.05) is 52.5 Å². The van der Waals surface area contributed by atoms with Crippen LogP contribution in [0.15, 0.2) is 72.8 Å². The first kappa shape index (κ1) is 101. The molecule has 11 rings (SSSR count). The van der Waals surface area contributed by atoms with Gasteiger partial charge in [0.2, 0.25) is 0 Å². The van der Waals surface area contributed by atoms with E-state index in [-0.39, 0.29) is 31.3 Å². The molecule has 0 aliphatic carbocycles. The topological polar surface area (TPSA) is 80.3 Å². The minimum atomic E-state index is 0. The quantitative estimate of drug-likeness (QED) is 0.0164. The van der Waals surface area contributed by atoms with Crippen LogP contribution in [-0.2, 0) is 45.2 Å². The predicted molar refractivity (Wildman–Crippen MR) is 550 cm³/mol. The molecule has 0 spiro atoms. The number of nitrogens with zero attached hydrogens (tertiary/aromatic N) is 4. The Balaban J connectivity index is 0.0000163. The average Bonchev–Trinajstić information content (AvgIpc) is 1.94. The zero-order valence-electron chi connectivity index (χ0n) is 78.5. The Morgan fingerprint density at radius 2 is 0.608 bits per heavy atom. The third kappa shape index (κ3) is 31.1. The molecule has 8 bridgehead atoms. The largest absolute Gasteiger partial charge is 2.00 e. The number of aryl methyl sites for hydroxylation is 4.